The van der Waals surface area contributed by atoms with Crippen LogP contribution in [-0.4, -0.2) is 56.7 Å². The molecule has 1 aromatic rings. The Morgan fingerprint density at radius 2 is 1.79 bits per heavy atom. The van der Waals surface area contributed by atoms with Crippen molar-refractivity contribution in [3.8, 4) is 11.5 Å². The van der Waals surface area contributed by atoms with Crippen LogP contribution < -0.4 is 9.47 Å². The Morgan fingerprint density at radius 1 is 1.07 bits per heavy atom. The molecule has 6 nitrogen and oxygen atoms in total. The second kappa shape index (κ2) is 7.59. The van der Waals surface area contributed by atoms with Gasteiger partial charge in [-0.25, -0.2) is 8.42 Å². The van der Waals surface area contributed by atoms with Gasteiger partial charge in [-0.2, -0.15) is 0 Å². The summed E-state index contributed by atoms with van der Waals surface area (Å²) in [6, 6.07) is 4.44. The van der Waals surface area contributed by atoms with E-state index in [4.69, 9.17) is 9.47 Å². The first kappa shape index (κ1) is 19.6. The summed E-state index contributed by atoms with van der Waals surface area (Å²) in [5.74, 6) is 1.59. The number of nitrogens with zero attached hydrogens (tertiary/aromatic N) is 2. The second-order valence-electron chi connectivity index (χ2n) is 7.79. The van der Waals surface area contributed by atoms with Crippen LogP contribution in [0.5, 0.6) is 11.5 Å². The van der Waals surface area contributed by atoms with E-state index in [1.54, 1.807) is 4.31 Å². The van der Waals surface area contributed by atoms with Crippen LogP contribution in [0.25, 0.3) is 0 Å². The highest BCUT2D eigenvalue weighted by Gasteiger charge is 2.38. The molecule has 28 heavy (non-hydrogen) atoms. The van der Waals surface area contributed by atoms with Crippen molar-refractivity contribution in [3.05, 3.63) is 34.5 Å². The number of hydrogen-bond donors (Lipinski definition) is 0. The average Bonchev–Trinajstić information content (AvgIpc) is 2.66. The van der Waals surface area contributed by atoms with Crippen LogP contribution in [0.4, 0.5) is 0 Å². The van der Waals surface area contributed by atoms with Gasteiger partial charge in [-0.15, -0.1) is 0 Å². The van der Waals surface area contributed by atoms with Crippen molar-refractivity contribution < 1.29 is 17.9 Å². The quantitative estimate of drug-likeness (QED) is 0.752. The Bertz CT molecular complexity index is 894. The monoisotopic (exact) mass is 406 g/mol. The molecule has 1 aromatic carbocycles. The van der Waals surface area contributed by atoms with Crippen molar-refractivity contribution in [1.82, 2.24) is 9.21 Å². The van der Waals surface area contributed by atoms with Crippen molar-refractivity contribution in [3.63, 3.8) is 0 Å². The third-order valence-corrected chi connectivity index (χ3v) is 7.21. The molecule has 0 amide bonds. The van der Waals surface area contributed by atoms with E-state index in [1.807, 2.05) is 13.8 Å². The van der Waals surface area contributed by atoms with Crippen molar-refractivity contribution in [2.75, 3.05) is 39.1 Å². The molecule has 1 unspecified atom stereocenters. The molecule has 0 fully saturated rings. The van der Waals surface area contributed by atoms with Crippen molar-refractivity contribution in [2.45, 2.75) is 45.6 Å². The molecule has 0 radical (unpaired) electrons. The lowest BCUT2D eigenvalue weighted by atomic mass is 9.84. The number of hydrogen-bond acceptors (Lipinski definition) is 5. The molecule has 4 rings (SSSR count). The number of rotatable bonds is 5. The first-order valence-electron chi connectivity index (χ1n) is 10.3. The number of fused-ring (bicyclic) bond motifs is 3. The van der Waals surface area contributed by atoms with Gasteiger partial charge < -0.3 is 9.47 Å². The fourth-order valence-corrected chi connectivity index (χ4v) is 5.89. The first-order chi connectivity index (χ1) is 13.4. The molecule has 154 valence electrons. The number of benzene rings is 1. The van der Waals surface area contributed by atoms with Crippen molar-refractivity contribution in [1.29, 1.82) is 0 Å². The maximum atomic E-state index is 12.3. The fourth-order valence-electron chi connectivity index (χ4n) is 4.83. The van der Waals surface area contributed by atoms with Gasteiger partial charge in [0.2, 0.25) is 10.0 Å². The first-order valence-corrected chi connectivity index (χ1v) is 12.1. The largest absolute Gasteiger partial charge is 0.490 e. The maximum absolute atomic E-state index is 12.3. The molecular weight excluding hydrogens is 376 g/mol. The Labute approximate surface area is 168 Å². The van der Waals surface area contributed by atoms with E-state index < -0.39 is 10.0 Å². The lowest BCUT2D eigenvalue weighted by molar-refractivity contribution is 0.167. The minimum atomic E-state index is -3.23. The molecule has 0 saturated heterocycles. The second-order valence-corrected chi connectivity index (χ2v) is 9.70. The van der Waals surface area contributed by atoms with Crippen LogP contribution in [0.2, 0.25) is 0 Å². The van der Waals surface area contributed by atoms with Gasteiger partial charge >= 0.3 is 0 Å². The summed E-state index contributed by atoms with van der Waals surface area (Å²) < 4.78 is 38.0. The zero-order valence-corrected chi connectivity index (χ0v) is 17.8. The molecule has 0 aromatic heterocycles. The number of sulfonamides is 1. The lowest BCUT2D eigenvalue weighted by Crippen LogP contribution is -2.45. The highest BCUT2D eigenvalue weighted by Crippen LogP contribution is 2.45. The van der Waals surface area contributed by atoms with Gasteiger partial charge in [-0.05, 0) is 61.9 Å². The molecule has 3 aliphatic rings. The molecule has 0 saturated carbocycles. The minimum absolute atomic E-state index is 0.194. The predicted octanol–water partition coefficient (Wildman–Crippen LogP) is 3.10. The van der Waals surface area contributed by atoms with Gasteiger partial charge in [-0.3, -0.25) is 9.21 Å². The zero-order chi connectivity index (χ0) is 19.9. The third-order valence-electron chi connectivity index (χ3n) is 6.00. The molecule has 7 heteroatoms. The van der Waals surface area contributed by atoms with Gasteiger partial charge in [0.1, 0.15) is 0 Å². The highest BCUT2D eigenvalue weighted by atomic mass is 32.2. The van der Waals surface area contributed by atoms with Gasteiger partial charge in [0.15, 0.2) is 11.5 Å². The Kier molecular flexibility index (Phi) is 5.31. The summed E-state index contributed by atoms with van der Waals surface area (Å²) in [6.45, 7) is 7.61. The van der Waals surface area contributed by atoms with E-state index in [-0.39, 0.29) is 6.04 Å². The topological polar surface area (TPSA) is 59.1 Å². The minimum Gasteiger partial charge on any atom is -0.490 e. The zero-order valence-electron chi connectivity index (χ0n) is 17.0. The van der Waals surface area contributed by atoms with Crippen molar-refractivity contribution >= 4 is 10.0 Å². The lowest BCUT2D eigenvalue weighted by Gasteiger charge is -2.46. The third kappa shape index (κ3) is 3.50. The standard InChI is InChI=1S/C21H30N2O4S/c1-4-26-20-11-15-8-10-22-14-16-7-6-9-23(28(3,24)25)18(16)13-19(22)17(15)12-21(20)27-5-2/h11-12,19H,4-10,13-14H2,1-3H3. The normalized spacial score (nSPS) is 22.4. The maximum Gasteiger partial charge on any atom is 0.231 e. The summed E-state index contributed by atoms with van der Waals surface area (Å²) in [7, 11) is -3.23. The Morgan fingerprint density at radius 3 is 2.46 bits per heavy atom. The molecule has 0 N–H and O–H groups in total. The van der Waals surface area contributed by atoms with Gasteiger partial charge in [0.05, 0.1) is 19.5 Å². The van der Waals surface area contributed by atoms with Crippen LogP contribution in [-0.2, 0) is 16.4 Å². The van der Waals surface area contributed by atoms with Crippen LogP contribution in [0.1, 0.15) is 50.3 Å². The van der Waals surface area contributed by atoms with E-state index >= 15 is 0 Å². The van der Waals surface area contributed by atoms with Crippen LogP contribution in [0.15, 0.2) is 23.4 Å². The molecule has 3 aliphatic heterocycles. The van der Waals surface area contributed by atoms with Gasteiger partial charge in [-0.1, -0.05) is 0 Å². The average molecular weight is 407 g/mol. The summed E-state index contributed by atoms with van der Waals surface area (Å²) in [4.78, 5) is 2.50. The summed E-state index contributed by atoms with van der Waals surface area (Å²) in [5, 5.41) is 0. The Hall–Kier alpha value is -1.73. The summed E-state index contributed by atoms with van der Waals surface area (Å²) >= 11 is 0. The van der Waals surface area contributed by atoms with E-state index in [1.165, 1.54) is 23.0 Å². The Balaban J connectivity index is 1.73. The van der Waals surface area contributed by atoms with E-state index in [9.17, 15) is 8.42 Å². The molecule has 0 spiro atoms. The SMILES string of the molecule is CCOc1cc2c(cc1OCC)C1CC3=C(CCCN3S(C)(=O)=O)CN1CC2. The summed E-state index contributed by atoms with van der Waals surface area (Å²) in [6.07, 6.45) is 4.97. The number of ether oxygens (including phenoxy) is 2. The molecule has 0 aliphatic carbocycles. The van der Waals surface area contributed by atoms with Crippen LogP contribution in [0.3, 0.4) is 0 Å². The molecular formula is C21H30N2O4S. The van der Waals surface area contributed by atoms with E-state index in [2.05, 4.69) is 17.0 Å². The highest BCUT2D eigenvalue weighted by molar-refractivity contribution is 7.88. The van der Waals surface area contributed by atoms with Crippen LogP contribution in [0, 0.1) is 0 Å². The molecule has 0 bridgehead atoms. The molecule has 1 atom stereocenters. The van der Waals surface area contributed by atoms with Gasteiger partial charge in [0.25, 0.3) is 0 Å². The van der Waals surface area contributed by atoms with Crippen LogP contribution >= 0.6 is 0 Å². The van der Waals surface area contributed by atoms with E-state index in [0.717, 1.165) is 56.0 Å². The fraction of sp³-hybridized carbons (Fsp3) is 0.619. The predicted molar refractivity (Wildman–Crippen MR) is 109 cm³/mol. The van der Waals surface area contributed by atoms with E-state index in [0.29, 0.717) is 19.8 Å². The molecule has 3 heterocycles. The summed E-state index contributed by atoms with van der Waals surface area (Å²) in [5.41, 5.74) is 4.87. The van der Waals surface area contributed by atoms with Gasteiger partial charge in [0, 0.05) is 37.8 Å². The smallest absolute Gasteiger partial charge is 0.231 e. The van der Waals surface area contributed by atoms with Crippen molar-refractivity contribution in [2.24, 2.45) is 0 Å².